The Morgan fingerprint density at radius 2 is 2.33 bits per heavy atom. The second-order valence-electron chi connectivity index (χ2n) is 3.78. The van der Waals surface area contributed by atoms with Gasteiger partial charge in [0.05, 0.1) is 11.1 Å². The van der Waals surface area contributed by atoms with Crippen LogP contribution >= 0.6 is 15.9 Å². The molecule has 0 radical (unpaired) electrons. The molecule has 1 rings (SSSR count). The molecule has 0 spiro atoms. The van der Waals surface area contributed by atoms with E-state index in [9.17, 15) is 0 Å². The van der Waals surface area contributed by atoms with Crippen LogP contribution in [0.4, 0.5) is 5.82 Å². The van der Waals surface area contributed by atoms with Crippen molar-refractivity contribution in [3.8, 4) is 0 Å². The lowest BCUT2D eigenvalue weighted by molar-refractivity contribution is 0.164. The number of ether oxygens (including phenoxy) is 1. The lowest BCUT2D eigenvalue weighted by Gasteiger charge is -2.13. The first-order valence-corrected chi connectivity index (χ1v) is 5.77. The predicted octanol–water partition coefficient (Wildman–Crippen LogP) is 2.85. The number of hydrogen-bond acceptors (Lipinski definition) is 3. The van der Waals surface area contributed by atoms with Crippen molar-refractivity contribution in [2.45, 2.75) is 13.8 Å². The van der Waals surface area contributed by atoms with Gasteiger partial charge in [0.15, 0.2) is 0 Å². The second-order valence-corrected chi connectivity index (χ2v) is 4.64. The first kappa shape index (κ1) is 12.5. The fourth-order valence-corrected chi connectivity index (χ4v) is 1.88. The van der Waals surface area contributed by atoms with Crippen LogP contribution in [0, 0.1) is 12.8 Å². The molecule has 0 aromatic carbocycles. The molecule has 1 N–H and O–H groups in total. The first-order valence-electron chi connectivity index (χ1n) is 4.98. The van der Waals surface area contributed by atoms with Crippen LogP contribution in [0.3, 0.4) is 0 Å². The van der Waals surface area contributed by atoms with Gasteiger partial charge in [-0.05, 0) is 40.4 Å². The fraction of sp³-hybridized carbons (Fsp3) is 0.545. The van der Waals surface area contributed by atoms with Crippen LogP contribution in [0.25, 0.3) is 0 Å². The van der Waals surface area contributed by atoms with Gasteiger partial charge >= 0.3 is 0 Å². The zero-order valence-electron chi connectivity index (χ0n) is 9.38. The molecule has 0 aliphatic heterocycles. The van der Waals surface area contributed by atoms with Gasteiger partial charge in [0, 0.05) is 19.9 Å². The molecule has 4 heteroatoms. The fourth-order valence-electron chi connectivity index (χ4n) is 1.28. The Morgan fingerprint density at radius 1 is 1.60 bits per heavy atom. The number of nitrogens with one attached hydrogen (secondary N) is 1. The van der Waals surface area contributed by atoms with E-state index in [0.717, 1.165) is 29.0 Å². The Kier molecular flexibility index (Phi) is 5.05. The molecule has 0 amide bonds. The summed E-state index contributed by atoms with van der Waals surface area (Å²) in [6, 6.07) is 2.05. The summed E-state index contributed by atoms with van der Waals surface area (Å²) in [5, 5.41) is 3.29. The van der Waals surface area contributed by atoms with Crippen LogP contribution in [0.5, 0.6) is 0 Å². The Bertz CT molecular complexity index is 317. The summed E-state index contributed by atoms with van der Waals surface area (Å²) >= 11 is 3.48. The number of aromatic nitrogens is 1. The monoisotopic (exact) mass is 272 g/mol. The van der Waals surface area contributed by atoms with Crippen molar-refractivity contribution < 1.29 is 4.74 Å². The van der Waals surface area contributed by atoms with Gasteiger partial charge in [-0.15, -0.1) is 0 Å². The topological polar surface area (TPSA) is 34.1 Å². The Balaban J connectivity index is 2.50. The standard InChI is InChI=1S/C11H17BrN2O/c1-8-4-10(12)11(13-5-8)14-6-9(2)7-15-3/h4-5,9H,6-7H2,1-3H3,(H,13,14). The van der Waals surface area contributed by atoms with Crippen molar-refractivity contribution in [2.75, 3.05) is 25.6 Å². The van der Waals surface area contributed by atoms with E-state index >= 15 is 0 Å². The molecule has 0 aliphatic rings. The van der Waals surface area contributed by atoms with Crippen molar-refractivity contribution in [1.29, 1.82) is 0 Å². The van der Waals surface area contributed by atoms with Crippen LogP contribution in [0.2, 0.25) is 0 Å². The van der Waals surface area contributed by atoms with Crippen molar-refractivity contribution in [2.24, 2.45) is 5.92 Å². The molecule has 0 aliphatic carbocycles. The summed E-state index contributed by atoms with van der Waals surface area (Å²) in [5.41, 5.74) is 1.15. The summed E-state index contributed by atoms with van der Waals surface area (Å²) in [6.45, 7) is 5.78. The molecule has 1 unspecified atom stereocenters. The highest BCUT2D eigenvalue weighted by atomic mass is 79.9. The molecule has 0 saturated heterocycles. The van der Waals surface area contributed by atoms with E-state index in [1.54, 1.807) is 7.11 Å². The van der Waals surface area contributed by atoms with E-state index in [4.69, 9.17) is 4.74 Å². The minimum Gasteiger partial charge on any atom is -0.384 e. The number of nitrogens with zero attached hydrogens (tertiary/aromatic N) is 1. The van der Waals surface area contributed by atoms with Crippen molar-refractivity contribution in [3.63, 3.8) is 0 Å². The number of rotatable bonds is 5. The lowest BCUT2D eigenvalue weighted by Crippen LogP contribution is -2.16. The van der Waals surface area contributed by atoms with Gasteiger partial charge in [-0.1, -0.05) is 6.92 Å². The van der Waals surface area contributed by atoms with Crippen LogP contribution < -0.4 is 5.32 Å². The quantitative estimate of drug-likeness (QED) is 0.895. The summed E-state index contributed by atoms with van der Waals surface area (Å²) in [7, 11) is 1.72. The summed E-state index contributed by atoms with van der Waals surface area (Å²) in [4.78, 5) is 4.31. The number of pyridine rings is 1. The summed E-state index contributed by atoms with van der Waals surface area (Å²) in [6.07, 6.45) is 1.86. The SMILES string of the molecule is COCC(C)CNc1ncc(C)cc1Br. The first-order chi connectivity index (χ1) is 7.13. The predicted molar refractivity (Wildman–Crippen MR) is 66.2 cm³/mol. The van der Waals surface area contributed by atoms with Crippen molar-refractivity contribution in [3.05, 3.63) is 22.3 Å². The van der Waals surface area contributed by atoms with Crippen LogP contribution in [-0.4, -0.2) is 25.2 Å². The highest BCUT2D eigenvalue weighted by Gasteiger charge is 2.04. The minimum atomic E-state index is 0.477. The highest BCUT2D eigenvalue weighted by molar-refractivity contribution is 9.10. The zero-order valence-corrected chi connectivity index (χ0v) is 11.0. The Labute approximate surface area is 99.4 Å². The number of anilines is 1. The Hall–Kier alpha value is -0.610. The normalized spacial score (nSPS) is 12.5. The van der Waals surface area contributed by atoms with Crippen LogP contribution in [0.1, 0.15) is 12.5 Å². The maximum atomic E-state index is 5.07. The number of aryl methyl sites for hydroxylation is 1. The third kappa shape index (κ3) is 4.18. The largest absolute Gasteiger partial charge is 0.384 e. The molecule has 3 nitrogen and oxygen atoms in total. The van der Waals surface area contributed by atoms with Crippen molar-refractivity contribution in [1.82, 2.24) is 4.98 Å². The molecule has 1 heterocycles. The molecule has 1 atom stereocenters. The van der Waals surface area contributed by atoms with E-state index in [1.165, 1.54) is 0 Å². The van der Waals surface area contributed by atoms with Gasteiger partial charge in [-0.2, -0.15) is 0 Å². The highest BCUT2D eigenvalue weighted by Crippen LogP contribution is 2.20. The Morgan fingerprint density at radius 3 is 2.93 bits per heavy atom. The minimum absolute atomic E-state index is 0.477. The third-order valence-corrected chi connectivity index (χ3v) is 2.65. The van der Waals surface area contributed by atoms with Gasteiger partial charge < -0.3 is 10.1 Å². The number of hydrogen-bond donors (Lipinski definition) is 1. The van der Waals surface area contributed by atoms with Crippen molar-refractivity contribution >= 4 is 21.7 Å². The number of methoxy groups -OCH3 is 1. The average Bonchev–Trinajstić information content (AvgIpc) is 2.17. The molecule has 0 fully saturated rings. The number of halogens is 1. The molecule has 84 valence electrons. The van der Waals surface area contributed by atoms with E-state index in [2.05, 4.69) is 39.2 Å². The molecule has 1 aromatic rings. The second kappa shape index (κ2) is 6.08. The maximum absolute atomic E-state index is 5.07. The molecule has 0 saturated carbocycles. The van der Waals surface area contributed by atoms with Gasteiger partial charge in [-0.25, -0.2) is 4.98 Å². The van der Waals surface area contributed by atoms with Crippen LogP contribution in [-0.2, 0) is 4.74 Å². The molecule has 15 heavy (non-hydrogen) atoms. The zero-order chi connectivity index (χ0) is 11.3. The molecular formula is C11H17BrN2O. The van der Waals surface area contributed by atoms with E-state index in [1.807, 2.05) is 13.1 Å². The average molecular weight is 273 g/mol. The summed E-state index contributed by atoms with van der Waals surface area (Å²) < 4.78 is 6.08. The van der Waals surface area contributed by atoms with E-state index in [-0.39, 0.29) is 0 Å². The van der Waals surface area contributed by atoms with Gasteiger partial charge in [0.2, 0.25) is 0 Å². The van der Waals surface area contributed by atoms with Gasteiger partial charge in [-0.3, -0.25) is 0 Å². The van der Waals surface area contributed by atoms with Gasteiger partial charge in [0.1, 0.15) is 5.82 Å². The maximum Gasteiger partial charge on any atom is 0.140 e. The lowest BCUT2D eigenvalue weighted by atomic mass is 10.2. The van der Waals surface area contributed by atoms with Crippen LogP contribution in [0.15, 0.2) is 16.7 Å². The third-order valence-electron chi connectivity index (χ3n) is 2.05. The molecular weight excluding hydrogens is 256 g/mol. The van der Waals surface area contributed by atoms with E-state index < -0.39 is 0 Å². The summed E-state index contributed by atoms with van der Waals surface area (Å²) in [5.74, 6) is 1.37. The molecule has 0 bridgehead atoms. The molecule has 1 aromatic heterocycles. The van der Waals surface area contributed by atoms with E-state index in [0.29, 0.717) is 5.92 Å². The van der Waals surface area contributed by atoms with Gasteiger partial charge in [0.25, 0.3) is 0 Å². The smallest absolute Gasteiger partial charge is 0.140 e.